The molecule has 0 aromatic carbocycles. The summed E-state index contributed by atoms with van der Waals surface area (Å²) in [7, 11) is 0. The normalized spacial score (nSPS) is 32.6. The number of hydrogen-bond donors (Lipinski definition) is 2. The predicted molar refractivity (Wildman–Crippen MR) is 64.9 cm³/mol. The lowest BCUT2D eigenvalue weighted by Gasteiger charge is -2.40. The first-order valence-corrected chi connectivity index (χ1v) is 6.33. The Hall–Kier alpha value is -0.0800. The van der Waals surface area contributed by atoms with Crippen molar-refractivity contribution < 1.29 is 5.11 Å². The number of rotatable bonds is 4. The molecule has 0 heterocycles. The lowest BCUT2D eigenvalue weighted by molar-refractivity contribution is 0.131. The minimum absolute atomic E-state index is 0.266. The maximum atomic E-state index is 9.19. The molecule has 0 amide bonds. The average Bonchev–Trinajstić information content (AvgIpc) is 2.10. The molecule has 0 aromatic rings. The quantitative estimate of drug-likeness (QED) is 0.752. The summed E-state index contributed by atoms with van der Waals surface area (Å²) in [4.78, 5) is 0. The van der Waals surface area contributed by atoms with E-state index < -0.39 is 0 Å². The van der Waals surface area contributed by atoms with Gasteiger partial charge in [0.1, 0.15) is 0 Å². The summed E-state index contributed by atoms with van der Waals surface area (Å²) in [6, 6.07) is 0.886. The number of aliphatic hydroxyl groups excluding tert-OH is 1. The van der Waals surface area contributed by atoms with E-state index in [0.717, 1.165) is 12.3 Å². The fourth-order valence-corrected chi connectivity index (χ4v) is 3.11. The van der Waals surface area contributed by atoms with E-state index in [2.05, 4.69) is 33.0 Å². The van der Waals surface area contributed by atoms with E-state index in [0.29, 0.717) is 11.5 Å². The van der Waals surface area contributed by atoms with Crippen molar-refractivity contribution >= 4 is 0 Å². The van der Waals surface area contributed by atoms with Crippen LogP contribution in [0.4, 0.5) is 0 Å². The summed E-state index contributed by atoms with van der Waals surface area (Å²) in [6.45, 7) is 9.46. The van der Waals surface area contributed by atoms with E-state index in [1.54, 1.807) is 0 Å². The van der Waals surface area contributed by atoms with Gasteiger partial charge in [0.15, 0.2) is 0 Å². The number of aliphatic hydroxyl groups is 1. The second kappa shape index (κ2) is 5.31. The van der Waals surface area contributed by atoms with Crippen molar-refractivity contribution in [3.8, 4) is 0 Å². The predicted octanol–water partition coefficient (Wildman–Crippen LogP) is 2.56. The Balaban J connectivity index is 2.47. The van der Waals surface area contributed by atoms with Crippen molar-refractivity contribution in [1.29, 1.82) is 0 Å². The van der Waals surface area contributed by atoms with Crippen LogP contribution in [0.15, 0.2) is 0 Å². The van der Waals surface area contributed by atoms with Gasteiger partial charge in [-0.25, -0.2) is 0 Å². The molecule has 1 aliphatic rings. The average molecular weight is 213 g/mol. The molecular formula is C13H27NO. The summed E-state index contributed by atoms with van der Waals surface area (Å²) in [6.07, 6.45) is 4.86. The van der Waals surface area contributed by atoms with Crippen LogP contribution in [-0.2, 0) is 0 Å². The van der Waals surface area contributed by atoms with Gasteiger partial charge >= 0.3 is 0 Å². The minimum atomic E-state index is 0.266. The van der Waals surface area contributed by atoms with E-state index >= 15 is 0 Å². The Labute approximate surface area is 94.5 Å². The topological polar surface area (TPSA) is 32.3 Å². The van der Waals surface area contributed by atoms with Crippen molar-refractivity contribution in [2.24, 2.45) is 11.3 Å². The molecule has 0 spiro atoms. The fraction of sp³-hybridized carbons (Fsp3) is 1.00. The maximum Gasteiger partial charge on any atom is 0.0584 e. The molecule has 1 rings (SSSR count). The van der Waals surface area contributed by atoms with Crippen LogP contribution in [0, 0.1) is 11.3 Å². The van der Waals surface area contributed by atoms with Gasteiger partial charge in [-0.05, 0) is 37.0 Å². The molecule has 0 bridgehead atoms. The standard InChI is InChI=1S/C13H27NO/c1-5-11(9-15)14-12-6-10(2)7-13(3,4)8-12/h10-12,14-15H,5-9H2,1-4H3. The molecule has 2 nitrogen and oxygen atoms in total. The summed E-state index contributed by atoms with van der Waals surface area (Å²) in [5.74, 6) is 0.808. The Morgan fingerprint density at radius 3 is 2.53 bits per heavy atom. The van der Waals surface area contributed by atoms with Gasteiger partial charge in [-0.2, -0.15) is 0 Å². The zero-order valence-corrected chi connectivity index (χ0v) is 10.7. The molecule has 2 heteroatoms. The molecule has 0 saturated heterocycles. The van der Waals surface area contributed by atoms with Gasteiger partial charge < -0.3 is 10.4 Å². The number of nitrogens with one attached hydrogen (secondary N) is 1. The SMILES string of the molecule is CCC(CO)NC1CC(C)CC(C)(C)C1. The van der Waals surface area contributed by atoms with E-state index in [1.165, 1.54) is 19.3 Å². The number of hydrogen-bond acceptors (Lipinski definition) is 2. The van der Waals surface area contributed by atoms with Gasteiger partial charge in [-0.1, -0.05) is 27.7 Å². The van der Waals surface area contributed by atoms with Crippen LogP contribution in [0.2, 0.25) is 0 Å². The third-order valence-corrected chi connectivity index (χ3v) is 3.57. The summed E-state index contributed by atoms with van der Waals surface area (Å²) < 4.78 is 0. The van der Waals surface area contributed by atoms with Crippen LogP contribution in [0.25, 0.3) is 0 Å². The lowest BCUT2D eigenvalue weighted by Crippen LogP contribution is -2.46. The summed E-state index contributed by atoms with van der Waals surface area (Å²) >= 11 is 0. The molecule has 2 N–H and O–H groups in total. The van der Waals surface area contributed by atoms with Crippen molar-refractivity contribution in [2.45, 2.75) is 65.5 Å². The molecule has 3 atom stereocenters. The van der Waals surface area contributed by atoms with E-state index in [-0.39, 0.29) is 12.6 Å². The molecule has 90 valence electrons. The fourth-order valence-electron chi connectivity index (χ4n) is 3.11. The van der Waals surface area contributed by atoms with Crippen LogP contribution in [0.1, 0.15) is 53.4 Å². The highest BCUT2D eigenvalue weighted by Gasteiger charge is 2.32. The van der Waals surface area contributed by atoms with Crippen LogP contribution >= 0.6 is 0 Å². The molecule has 1 fully saturated rings. The largest absolute Gasteiger partial charge is 0.395 e. The highest BCUT2D eigenvalue weighted by atomic mass is 16.3. The van der Waals surface area contributed by atoms with Crippen LogP contribution in [0.3, 0.4) is 0 Å². The van der Waals surface area contributed by atoms with Crippen LogP contribution < -0.4 is 5.32 Å². The van der Waals surface area contributed by atoms with Crippen LogP contribution in [0.5, 0.6) is 0 Å². The van der Waals surface area contributed by atoms with Gasteiger partial charge in [-0.3, -0.25) is 0 Å². The van der Waals surface area contributed by atoms with Crippen molar-refractivity contribution in [2.75, 3.05) is 6.61 Å². The van der Waals surface area contributed by atoms with Crippen molar-refractivity contribution in [1.82, 2.24) is 5.32 Å². The molecular weight excluding hydrogens is 186 g/mol. The highest BCUT2D eigenvalue weighted by Crippen LogP contribution is 2.38. The van der Waals surface area contributed by atoms with E-state index in [9.17, 15) is 5.11 Å². The van der Waals surface area contributed by atoms with Gasteiger partial charge in [0.05, 0.1) is 6.61 Å². The molecule has 0 radical (unpaired) electrons. The third-order valence-electron chi connectivity index (χ3n) is 3.57. The van der Waals surface area contributed by atoms with Crippen molar-refractivity contribution in [3.05, 3.63) is 0 Å². The first-order valence-electron chi connectivity index (χ1n) is 6.33. The molecule has 1 aliphatic carbocycles. The summed E-state index contributed by atoms with van der Waals surface area (Å²) in [5.41, 5.74) is 0.461. The zero-order chi connectivity index (χ0) is 11.5. The molecule has 15 heavy (non-hydrogen) atoms. The third kappa shape index (κ3) is 4.12. The Bertz CT molecular complexity index is 187. The Kier molecular flexibility index (Phi) is 4.60. The summed E-state index contributed by atoms with van der Waals surface area (Å²) in [5, 5.41) is 12.8. The maximum absolute atomic E-state index is 9.19. The monoisotopic (exact) mass is 213 g/mol. The van der Waals surface area contributed by atoms with E-state index in [4.69, 9.17) is 0 Å². The first-order chi connectivity index (χ1) is 6.96. The van der Waals surface area contributed by atoms with Crippen molar-refractivity contribution in [3.63, 3.8) is 0 Å². The Morgan fingerprint density at radius 2 is 2.07 bits per heavy atom. The van der Waals surface area contributed by atoms with E-state index in [1.807, 2.05) is 0 Å². The van der Waals surface area contributed by atoms with Gasteiger partial charge in [0, 0.05) is 12.1 Å². The minimum Gasteiger partial charge on any atom is -0.395 e. The molecule has 1 saturated carbocycles. The second-order valence-electron chi connectivity index (χ2n) is 6.06. The first kappa shape index (κ1) is 13.0. The highest BCUT2D eigenvalue weighted by molar-refractivity contribution is 4.87. The zero-order valence-electron chi connectivity index (χ0n) is 10.7. The van der Waals surface area contributed by atoms with Gasteiger partial charge in [-0.15, -0.1) is 0 Å². The van der Waals surface area contributed by atoms with Crippen LogP contribution in [-0.4, -0.2) is 23.8 Å². The van der Waals surface area contributed by atoms with Gasteiger partial charge in [0.25, 0.3) is 0 Å². The lowest BCUT2D eigenvalue weighted by atomic mass is 9.70. The Morgan fingerprint density at radius 1 is 1.40 bits per heavy atom. The molecule has 0 aromatic heterocycles. The second-order valence-corrected chi connectivity index (χ2v) is 6.06. The molecule has 0 aliphatic heterocycles. The smallest absolute Gasteiger partial charge is 0.0584 e. The van der Waals surface area contributed by atoms with Gasteiger partial charge in [0.2, 0.25) is 0 Å². The molecule has 3 unspecified atom stereocenters.